The predicted octanol–water partition coefficient (Wildman–Crippen LogP) is 2.73. The van der Waals surface area contributed by atoms with E-state index in [2.05, 4.69) is 4.72 Å². The van der Waals surface area contributed by atoms with Crippen molar-refractivity contribution >= 4 is 15.7 Å². The molecule has 0 aliphatic rings. The zero-order valence-electron chi connectivity index (χ0n) is 14.5. The Bertz CT molecular complexity index is 766. The molecule has 0 heterocycles. The maximum absolute atomic E-state index is 12.6. The molecular formula is C18H24N2O3S. The first-order chi connectivity index (χ1) is 11.3. The number of aryl methyl sites for hydroxylation is 2. The smallest absolute Gasteiger partial charge is 0.241 e. The molecule has 0 aliphatic carbocycles. The fraction of sp³-hybridized carbons (Fsp3) is 0.333. The van der Waals surface area contributed by atoms with Gasteiger partial charge in [0.15, 0.2) is 0 Å². The van der Waals surface area contributed by atoms with E-state index in [1.165, 1.54) is 0 Å². The first kappa shape index (κ1) is 18.3. The van der Waals surface area contributed by atoms with Crippen LogP contribution in [0.1, 0.15) is 11.1 Å². The van der Waals surface area contributed by atoms with Crippen LogP contribution in [0.3, 0.4) is 0 Å². The molecule has 0 unspecified atom stereocenters. The Balaban J connectivity index is 2.07. The van der Waals surface area contributed by atoms with Crippen LogP contribution in [0.2, 0.25) is 0 Å². The first-order valence-corrected chi connectivity index (χ1v) is 9.24. The molecule has 0 radical (unpaired) electrons. The molecule has 2 aromatic carbocycles. The maximum atomic E-state index is 12.6. The third-order valence-corrected chi connectivity index (χ3v) is 5.64. The van der Waals surface area contributed by atoms with Crippen LogP contribution in [0.15, 0.2) is 47.4 Å². The molecule has 0 saturated carbocycles. The number of anilines is 1. The van der Waals surface area contributed by atoms with Gasteiger partial charge in [-0.15, -0.1) is 0 Å². The number of likely N-dealkylation sites (N-methyl/N-ethyl adjacent to an activating group) is 1. The van der Waals surface area contributed by atoms with Gasteiger partial charge in [0, 0.05) is 25.8 Å². The summed E-state index contributed by atoms with van der Waals surface area (Å²) in [5.74, 6) is 0.660. The minimum Gasteiger partial charge on any atom is -0.497 e. The van der Waals surface area contributed by atoms with Crippen LogP contribution in [0.4, 0.5) is 5.69 Å². The monoisotopic (exact) mass is 348 g/mol. The van der Waals surface area contributed by atoms with Gasteiger partial charge in [-0.1, -0.05) is 18.2 Å². The zero-order chi connectivity index (χ0) is 17.7. The van der Waals surface area contributed by atoms with Crippen molar-refractivity contribution in [2.75, 3.05) is 32.1 Å². The SMILES string of the molecule is COc1cc(C)c(S(=O)(=O)NCCN(C)c2ccccc2)c(C)c1. The molecule has 130 valence electrons. The number of rotatable bonds is 7. The Labute approximate surface area is 144 Å². The molecule has 0 aliphatic heterocycles. The highest BCUT2D eigenvalue weighted by Gasteiger charge is 2.20. The van der Waals surface area contributed by atoms with Crippen LogP contribution >= 0.6 is 0 Å². The van der Waals surface area contributed by atoms with Gasteiger partial charge < -0.3 is 9.64 Å². The van der Waals surface area contributed by atoms with E-state index in [1.54, 1.807) is 33.1 Å². The third-order valence-electron chi connectivity index (χ3n) is 3.87. The lowest BCUT2D eigenvalue weighted by Crippen LogP contribution is -2.33. The average Bonchev–Trinajstić information content (AvgIpc) is 2.54. The molecule has 0 amide bonds. The van der Waals surface area contributed by atoms with Gasteiger partial charge in [-0.2, -0.15) is 0 Å². The van der Waals surface area contributed by atoms with Crippen molar-refractivity contribution in [1.29, 1.82) is 0 Å². The number of hydrogen-bond donors (Lipinski definition) is 1. The van der Waals surface area contributed by atoms with Gasteiger partial charge >= 0.3 is 0 Å². The lowest BCUT2D eigenvalue weighted by molar-refractivity contribution is 0.413. The Kier molecular flexibility index (Phi) is 5.85. The Morgan fingerprint density at radius 1 is 1.08 bits per heavy atom. The summed E-state index contributed by atoms with van der Waals surface area (Å²) in [4.78, 5) is 2.33. The second kappa shape index (κ2) is 7.68. The van der Waals surface area contributed by atoms with Crippen molar-refractivity contribution in [2.24, 2.45) is 0 Å². The Morgan fingerprint density at radius 3 is 2.21 bits per heavy atom. The van der Waals surface area contributed by atoms with E-state index >= 15 is 0 Å². The quantitative estimate of drug-likeness (QED) is 0.836. The van der Waals surface area contributed by atoms with Crippen LogP contribution in [0.25, 0.3) is 0 Å². The van der Waals surface area contributed by atoms with Crippen molar-refractivity contribution < 1.29 is 13.2 Å². The van der Waals surface area contributed by atoms with Crippen molar-refractivity contribution in [3.63, 3.8) is 0 Å². The van der Waals surface area contributed by atoms with Crippen LogP contribution in [-0.2, 0) is 10.0 Å². The third kappa shape index (κ3) is 4.27. The van der Waals surface area contributed by atoms with Gasteiger partial charge in [-0.3, -0.25) is 0 Å². The molecule has 0 spiro atoms. The average molecular weight is 348 g/mol. The van der Waals surface area contributed by atoms with Gasteiger partial charge in [0.05, 0.1) is 12.0 Å². The highest BCUT2D eigenvalue weighted by Crippen LogP contribution is 2.25. The fourth-order valence-corrected chi connectivity index (χ4v) is 4.15. The normalized spacial score (nSPS) is 11.3. The summed E-state index contributed by atoms with van der Waals surface area (Å²) in [6.45, 7) is 4.47. The van der Waals surface area contributed by atoms with E-state index < -0.39 is 10.0 Å². The number of sulfonamides is 1. The minimum absolute atomic E-state index is 0.325. The molecule has 5 nitrogen and oxygen atoms in total. The topological polar surface area (TPSA) is 58.6 Å². The molecule has 0 bridgehead atoms. The summed E-state index contributed by atoms with van der Waals surface area (Å²) in [5.41, 5.74) is 2.40. The second-order valence-corrected chi connectivity index (χ2v) is 7.45. The fourth-order valence-electron chi connectivity index (χ4n) is 2.68. The van der Waals surface area contributed by atoms with Gasteiger partial charge in [0.2, 0.25) is 10.0 Å². The number of methoxy groups -OCH3 is 1. The second-order valence-electron chi connectivity index (χ2n) is 5.75. The molecule has 2 aromatic rings. The van der Waals surface area contributed by atoms with Crippen molar-refractivity contribution in [3.05, 3.63) is 53.6 Å². The molecule has 0 aromatic heterocycles. The van der Waals surface area contributed by atoms with E-state index in [0.717, 1.165) is 5.69 Å². The lowest BCUT2D eigenvalue weighted by Gasteiger charge is -2.20. The summed E-state index contributed by atoms with van der Waals surface area (Å²) >= 11 is 0. The number of ether oxygens (including phenoxy) is 1. The first-order valence-electron chi connectivity index (χ1n) is 7.76. The van der Waals surface area contributed by atoms with Crippen LogP contribution in [-0.4, -0.2) is 35.7 Å². The summed E-state index contributed by atoms with van der Waals surface area (Å²) in [6.07, 6.45) is 0. The number of para-hydroxylation sites is 1. The maximum Gasteiger partial charge on any atom is 0.241 e. The van der Waals surface area contributed by atoms with E-state index in [9.17, 15) is 8.42 Å². The van der Waals surface area contributed by atoms with Crippen molar-refractivity contribution in [1.82, 2.24) is 4.72 Å². The predicted molar refractivity (Wildman–Crippen MR) is 97.4 cm³/mol. The van der Waals surface area contributed by atoms with Crippen molar-refractivity contribution in [3.8, 4) is 5.75 Å². The molecular weight excluding hydrogens is 324 g/mol. The van der Waals surface area contributed by atoms with Crippen molar-refractivity contribution in [2.45, 2.75) is 18.7 Å². The largest absolute Gasteiger partial charge is 0.497 e. The number of nitrogens with zero attached hydrogens (tertiary/aromatic N) is 1. The summed E-state index contributed by atoms with van der Waals surface area (Å²) in [6, 6.07) is 13.3. The summed E-state index contributed by atoms with van der Waals surface area (Å²) in [5, 5.41) is 0. The highest BCUT2D eigenvalue weighted by atomic mass is 32.2. The van der Waals surface area contributed by atoms with E-state index in [-0.39, 0.29) is 0 Å². The van der Waals surface area contributed by atoms with Crippen LogP contribution in [0, 0.1) is 13.8 Å². The van der Waals surface area contributed by atoms with E-state index in [1.807, 2.05) is 42.3 Å². The minimum atomic E-state index is -3.56. The molecule has 6 heteroatoms. The molecule has 0 atom stereocenters. The molecule has 0 fully saturated rings. The van der Waals surface area contributed by atoms with E-state index in [0.29, 0.717) is 34.9 Å². The standard InChI is InChI=1S/C18H24N2O3S/c1-14-12-17(23-4)13-15(2)18(14)24(21,22)19-10-11-20(3)16-8-6-5-7-9-16/h5-9,12-13,19H,10-11H2,1-4H3. The Hall–Kier alpha value is -2.05. The summed E-state index contributed by atoms with van der Waals surface area (Å²) < 4.78 is 33.1. The number of benzene rings is 2. The Morgan fingerprint density at radius 2 is 1.67 bits per heavy atom. The number of hydrogen-bond acceptors (Lipinski definition) is 4. The summed E-state index contributed by atoms with van der Waals surface area (Å²) in [7, 11) is -0.0492. The zero-order valence-corrected chi connectivity index (χ0v) is 15.4. The molecule has 1 N–H and O–H groups in total. The molecule has 24 heavy (non-hydrogen) atoms. The molecule has 2 rings (SSSR count). The van der Waals surface area contributed by atoms with E-state index in [4.69, 9.17) is 4.74 Å². The lowest BCUT2D eigenvalue weighted by atomic mass is 10.1. The van der Waals surface area contributed by atoms with Gasteiger partial charge in [-0.25, -0.2) is 13.1 Å². The van der Waals surface area contributed by atoms with Crippen LogP contribution < -0.4 is 14.4 Å². The molecule has 0 saturated heterocycles. The highest BCUT2D eigenvalue weighted by molar-refractivity contribution is 7.89. The van der Waals surface area contributed by atoms with Gasteiger partial charge in [0.1, 0.15) is 5.75 Å². The van der Waals surface area contributed by atoms with Gasteiger partial charge in [0.25, 0.3) is 0 Å². The number of nitrogens with one attached hydrogen (secondary N) is 1. The van der Waals surface area contributed by atoms with Gasteiger partial charge in [-0.05, 0) is 49.2 Å². The van der Waals surface area contributed by atoms with Crippen LogP contribution in [0.5, 0.6) is 5.75 Å².